The number of amides is 4. The number of carbonyl (C=O) groups is 4. The summed E-state index contributed by atoms with van der Waals surface area (Å²) in [6.45, 7) is 6.75. The first-order valence-electron chi connectivity index (χ1n) is 12.3. The van der Waals surface area contributed by atoms with Gasteiger partial charge in [-0.15, -0.1) is 0 Å². The monoisotopic (exact) mass is 495 g/mol. The fraction of sp³-hybridized carbons (Fsp3) is 0.826. The van der Waals surface area contributed by atoms with Crippen LogP contribution < -0.4 is 16.0 Å². The van der Waals surface area contributed by atoms with E-state index in [1.165, 1.54) is 4.90 Å². The van der Waals surface area contributed by atoms with Crippen molar-refractivity contribution in [2.45, 2.75) is 82.6 Å². The molecule has 4 aliphatic rings. The number of fused-ring (bicyclic) bond motifs is 6. The number of piperazine rings is 1. The van der Waals surface area contributed by atoms with Gasteiger partial charge in [-0.25, -0.2) is 0 Å². The summed E-state index contributed by atoms with van der Waals surface area (Å²) in [5.74, 6) is -1.12. The Morgan fingerprint density at radius 2 is 1.80 bits per heavy atom. The highest BCUT2D eigenvalue weighted by Gasteiger charge is 2.45. The molecular formula is C23H37N5O7. The van der Waals surface area contributed by atoms with Crippen molar-refractivity contribution in [2.75, 3.05) is 32.7 Å². The Balaban J connectivity index is 1.57. The number of rotatable bonds is 1. The third-order valence-electron chi connectivity index (χ3n) is 7.12. The topological polar surface area (TPSA) is 161 Å². The molecule has 0 aliphatic carbocycles. The van der Waals surface area contributed by atoms with Gasteiger partial charge in [0.05, 0.1) is 25.1 Å². The Bertz CT molecular complexity index is 862. The summed E-state index contributed by atoms with van der Waals surface area (Å²) in [5.41, 5.74) is -0.265. The molecule has 5 N–H and O–H groups in total. The maximum atomic E-state index is 13.3. The zero-order chi connectivity index (χ0) is 25.5. The van der Waals surface area contributed by atoms with Crippen LogP contribution in [0.1, 0.15) is 40.0 Å². The second-order valence-electron chi connectivity index (χ2n) is 11.2. The van der Waals surface area contributed by atoms with E-state index in [1.807, 2.05) is 20.8 Å². The molecule has 196 valence electrons. The van der Waals surface area contributed by atoms with Crippen molar-refractivity contribution < 1.29 is 34.1 Å². The van der Waals surface area contributed by atoms with Gasteiger partial charge < -0.3 is 40.7 Å². The summed E-state index contributed by atoms with van der Waals surface area (Å²) in [6, 6.07) is -1.66. The SMILES string of the molecule is CC(C)(C)CC(=O)N1CCN2C[C@H]1C(=O)NC[C@H]1O[C@@H](CC(=O)N[C@@H]3CN[C@@H](C3)C2=O)[C@H](O)[C@@H]1O. The molecule has 4 fully saturated rings. The van der Waals surface area contributed by atoms with Crippen molar-refractivity contribution in [1.29, 1.82) is 0 Å². The lowest BCUT2D eigenvalue weighted by atomic mass is 9.91. The second-order valence-corrected chi connectivity index (χ2v) is 11.2. The molecule has 0 spiro atoms. The zero-order valence-electron chi connectivity index (χ0n) is 20.5. The van der Waals surface area contributed by atoms with Crippen molar-refractivity contribution in [3.63, 3.8) is 0 Å². The van der Waals surface area contributed by atoms with Gasteiger partial charge in [-0.3, -0.25) is 19.2 Å². The summed E-state index contributed by atoms with van der Waals surface area (Å²) in [6.07, 6.45) is -3.87. The molecule has 0 saturated carbocycles. The molecule has 12 heteroatoms. The molecule has 0 radical (unpaired) electrons. The third-order valence-corrected chi connectivity index (χ3v) is 7.12. The highest BCUT2D eigenvalue weighted by Crippen LogP contribution is 2.25. The van der Waals surface area contributed by atoms with Crippen LogP contribution in [0, 0.1) is 5.41 Å². The van der Waals surface area contributed by atoms with Crippen molar-refractivity contribution in [2.24, 2.45) is 5.41 Å². The van der Waals surface area contributed by atoms with E-state index in [0.717, 1.165) is 0 Å². The summed E-state index contributed by atoms with van der Waals surface area (Å²) < 4.78 is 5.71. The van der Waals surface area contributed by atoms with Gasteiger partial charge in [-0.1, -0.05) is 20.8 Å². The first-order valence-corrected chi connectivity index (χ1v) is 12.3. The highest BCUT2D eigenvalue weighted by molar-refractivity contribution is 5.90. The van der Waals surface area contributed by atoms with Crippen LogP contribution in [0.5, 0.6) is 0 Å². The number of nitrogens with one attached hydrogen (secondary N) is 3. The van der Waals surface area contributed by atoms with Crippen LogP contribution in [-0.4, -0.2) is 119 Å². The number of nitrogens with zero attached hydrogens (tertiary/aromatic N) is 2. The number of carbonyl (C=O) groups excluding carboxylic acids is 4. The Morgan fingerprint density at radius 3 is 2.51 bits per heavy atom. The normalized spacial score (nSPS) is 36.7. The Morgan fingerprint density at radius 1 is 1.09 bits per heavy atom. The first kappa shape index (κ1) is 25.8. The van der Waals surface area contributed by atoms with E-state index in [4.69, 9.17) is 4.74 Å². The van der Waals surface area contributed by atoms with Crippen LogP contribution in [-0.2, 0) is 23.9 Å². The van der Waals surface area contributed by atoms with Gasteiger partial charge in [-0.2, -0.15) is 0 Å². The van der Waals surface area contributed by atoms with E-state index < -0.39 is 42.4 Å². The van der Waals surface area contributed by atoms with E-state index >= 15 is 0 Å². The fourth-order valence-corrected chi connectivity index (χ4v) is 5.27. The third kappa shape index (κ3) is 5.76. The van der Waals surface area contributed by atoms with Crippen LogP contribution >= 0.6 is 0 Å². The van der Waals surface area contributed by atoms with E-state index in [2.05, 4.69) is 16.0 Å². The molecule has 0 aromatic carbocycles. The average Bonchev–Trinajstić information content (AvgIpc) is 3.35. The lowest BCUT2D eigenvalue weighted by Crippen LogP contribution is -2.63. The Hall–Kier alpha value is -2.28. The fourth-order valence-electron chi connectivity index (χ4n) is 5.27. The predicted molar refractivity (Wildman–Crippen MR) is 123 cm³/mol. The molecule has 4 rings (SSSR count). The molecule has 12 nitrogen and oxygen atoms in total. The molecule has 7 atom stereocenters. The number of aliphatic hydroxyl groups is 2. The minimum absolute atomic E-state index is 0.0507. The average molecular weight is 496 g/mol. The van der Waals surface area contributed by atoms with Crippen LogP contribution in [0.2, 0.25) is 0 Å². The molecule has 4 heterocycles. The lowest BCUT2D eigenvalue weighted by molar-refractivity contribution is -0.150. The molecule has 0 aromatic rings. The standard InChI is InChI=1S/C23H37N5O7/c1-23(2,3)8-18(30)28-5-4-27-11-14(28)21(33)25-10-16-20(32)19(31)15(35-16)7-17(29)26-12-6-13(22(27)34)24-9-12/h12-16,19-20,24,31-32H,4-11H2,1-3H3,(H,25,33)(H,26,29)/t12-,13-,14-,15-,16+,19-,20+/m0/s1. The number of aliphatic hydroxyl groups excluding tert-OH is 2. The molecule has 4 saturated heterocycles. The zero-order valence-corrected chi connectivity index (χ0v) is 20.5. The molecule has 6 bridgehead atoms. The van der Waals surface area contributed by atoms with Crippen LogP contribution in [0.25, 0.3) is 0 Å². The summed E-state index contributed by atoms with van der Waals surface area (Å²) >= 11 is 0. The molecule has 35 heavy (non-hydrogen) atoms. The molecule has 4 aliphatic heterocycles. The van der Waals surface area contributed by atoms with E-state index in [1.54, 1.807) is 4.90 Å². The molecule has 0 unspecified atom stereocenters. The number of hydrogen-bond acceptors (Lipinski definition) is 8. The van der Waals surface area contributed by atoms with Gasteiger partial charge in [0.15, 0.2) is 0 Å². The van der Waals surface area contributed by atoms with Crippen molar-refractivity contribution >= 4 is 23.6 Å². The molecular weight excluding hydrogens is 458 g/mol. The highest BCUT2D eigenvalue weighted by atomic mass is 16.5. The first-order chi connectivity index (χ1) is 16.4. The van der Waals surface area contributed by atoms with Crippen molar-refractivity contribution in [3.8, 4) is 0 Å². The van der Waals surface area contributed by atoms with Crippen LogP contribution in [0.4, 0.5) is 0 Å². The lowest BCUT2D eigenvalue weighted by Gasteiger charge is -2.42. The summed E-state index contributed by atoms with van der Waals surface area (Å²) in [5, 5.41) is 29.5. The van der Waals surface area contributed by atoms with E-state index in [0.29, 0.717) is 19.5 Å². The van der Waals surface area contributed by atoms with Gasteiger partial charge in [-0.05, 0) is 11.8 Å². The van der Waals surface area contributed by atoms with Gasteiger partial charge in [0.1, 0.15) is 24.4 Å². The van der Waals surface area contributed by atoms with Crippen molar-refractivity contribution in [3.05, 3.63) is 0 Å². The molecule has 0 aromatic heterocycles. The summed E-state index contributed by atoms with van der Waals surface area (Å²) in [7, 11) is 0. The van der Waals surface area contributed by atoms with Crippen LogP contribution in [0.3, 0.4) is 0 Å². The number of hydrogen-bond donors (Lipinski definition) is 5. The largest absolute Gasteiger partial charge is 0.388 e. The Kier molecular flexibility index (Phi) is 7.37. The Labute approximate surface area is 204 Å². The minimum atomic E-state index is -1.27. The van der Waals surface area contributed by atoms with Gasteiger partial charge >= 0.3 is 0 Å². The minimum Gasteiger partial charge on any atom is -0.388 e. The quantitative estimate of drug-likeness (QED) is 0.263. The van der Waals surface area contributed by atoms with Crippen LogP contribution in [0.15, 0.2) is 0 Å². The maximum absolute atomic E-state index is 13.3. The maximum Gasteiger partial charge on any atom is 0.244 e. The van der Waals surface area contributed by atoms with Crippen molar-refractivity contribution in [1.82, 2.24) is 25.8 Å². The van der Waals surface area contributed by atoms with E-state index in [9.17, 15) is 29.4 Å². The smallest absolute Gasteiger partial charge is 0.244 e. The molecule has 4 amide bonds. The predicted octanol–water partition coefficient (Wildman–Crippen LogP) is -2.68. The second kappa shape index (κ2) is 10.00. The number of ether oxygens (including phenoxy) is 1. The van der Waals surface area contributed by atoms with E-state index in [-0.39, 0.29) is 61.7 Å². The van der Waals surface area contributed by atoms with Gasteiger partial charge in [0.25, 0.3) is 0 Å². The van der Waals surface area contributed by atoms with Gasteiger partial charge in [0.2, 0.25) is 23.6 Å². The summed E-state index contributed by atoms with van der Waals surface area (Å²) in [4.78, 5) is 55.2. The van der Waals surface area contributed by atoms with Gasteiger partial charge in [0, 0.05) is 38.6 Å².